The highest BCUT2D eigenvalue weighted by atomic mass is 32.1. The lowest BCUT2D eigenvalue weighted by atomic mass is 9.91. The second-order valence-corrected chi connectivity index (χ2v) is 9.55. The van der Waals surface area contributed by atoms with Gasteiger partial charge in [0.05, 0.1) is 16.7 Å². The molecule has 1 aromatic heterocycles. The van der Waals surface area contributed by atoms with Gasteiger partial charge in [-0.1, -0.05) is 53.3 Å². The van der Waals surface area contributed by atoms with E-state index in [1.807, 2.05) is 35.3 Å². The third-order valence-electron chi connectivity index (χ3n) is 6.12. The first-order chi connectivity index (χ1) is 16.4. The summed E-state index contributed by atoms with van der Waals surface area (Å²) in [5, 5.41) is 36.3. The number of aliphatic hydroxyl groups excluding tert-OH is 1. The Bertz CT molecular complexity index is 1290. The monoisotopic (exact) mass is 476 g/mol. The molecule has 3 aromatic rings. The maximum absolute atomic E-state index is 11.3. The minimum Gasteiger partial charge on any atom is -0.492 e. The molecule has 174 valence electrons. The second-order valence-electron chi connectivity index (χ2n) is 8.45. The van der Waals surface area contributed by atoms with Gasteiger partial charge in [0.25, 0.3) is 0 Å². The largest absolute Gasteiger partial charge is 0.492 e. The predicted molar refractivity (Wildman–Crippen MR) is 129 cm³/mol. The summed E-state index contributed by atoms with van der Waals surface area (Å²) >= 11 is 1.16. The van der Waals surface area contributed by atoms with Crippen LogP contribution in [-0.2, 0) is 0 Å². The van der Waals surface area contributed by atoms with Crippen LogP contribution in [0, 0.1) is 24.0 Å². The van der Waals surface area contributed by atoms with Crippen molar-refractivity contribution < 1.29 is 10.0 Å². The number of aryl methyl sites for hydroxylation is 2. The lowest BCUT2D eigenvalue weighted by Gasteiger charge is -2.42. The molecule has 0 radical (unpaired) electrons. The van der Waals surface area contributed by atoms with Crippen molar-refractivity contribution in [3.63, 3.8) is 0 Å². The molecule has 0 saturated carbocycles. The number of benzene rings is 2. The first kappa shape index (κ1) is 22.2. The van der Waals surface area contributed by atoms with E-state index < -0.39 is 6.17 Å². The normalized spacial score (nSPS) is 22.7. The van der Waals surface area contributed by atoms with Crippen LogP contribution in [0.3, 0.4) is 0 Å². The summed E-state index contributed by atoms with van der Waals surface area (Å²) in [5.74, 6) is -0.0650. The Hall–Kier alpha value is -3.60. The Kier molecular flexibility index (Phi) is 5.86. The first-order valence-corrected chi connectivity index (χ1v) is 11.7. The Labute approximate surface area is 200 Å². The summed E-state index contributed by atoms with van der Waals surface area (Å²) in [6, 6.07) is 18.7. The van der Waals surface area contributed by atoms with Crippen molar-refractivity contribution in [3.05, 3.63) is 104 Å². The third-order valence-corrected chi connectivity index (χ3v) is 7.27. The topological polar surface area (TPSA) is 115 Å². The molecule has 0 aliphatic carbocycles. The highest BCUT2D eigenvalue weighted by Crippen LogP contribution is 2.43. The number of hydrazine groups is 1. The van der Waals surface area contributed by atoms with Crippen LogP contribution in [0.5, 0.6) is 0 Å². The molecule has 2 aliphatic heterocycles. The molecule has 34 heavy (non-hydrogen) atoms. The summed E-state index contributed by atoms with van der Waals surface area (Å²) in [7, 11) is 0. The quantitative estimate of drug-likeness (QED) is 0.247. The zero-order valence-corrected chi connectivity index (χ0v) is 19.5. The van der Waals surface area contributed by atoms with Crippen LogP contribution in [-0.4, -0.2) is 21.2 Å². The van der Waals surface area contributed by atoms with Crippen LogP contribution in [0.15, 0.2) is 82.5 Å². The molecule has 2 aromatic carbocycles. The molecule has 0 amide bonds. The fourth-order valence-electron chi connectivity index (χ4n) is 4.53. The molecule has 3 atom stereocenters. The van der Waals surface area contributed by atoms with E-state index in [4.69, 9.17) is 0 Å². The predicted octanol–water partition coefficient (Wildman–Crippen LogP) is 5.71. The van der Waals surface area contributed by atoms with Gasteiger partial charge in [-0.3, -0.25) is 20.9 Å². The highest BCUT2D eigenvalue weighted by molar-refractivity contribution is 7.15. The average Bonchev–Trinajstić information content (AvgIpc) is 3.43. The van der Waals surface area contributed by atoms with E-state index in [1.54, 1.807) is 6.07 Å². The van der Waals surface area contributed by atoms with E-state index in [-0.39, 0.29) is 27.9 Å². The number of azo groups is 1. The van der Waals surface area contributed by atoms with Gasteiger partial charge in [-0.25, -0.2) is 0 Å². The zero-order valence-electron chi connectivity index (χ0n) is 18.7. The van der Waals surface area contributed by atoms with Crippen molar-refractivity contribution in [2.45, 2.75) is 38.5 Å². The Morgan fingerprint density at radius 1 is 1.12 bits per heavy atom. The summed E-state index contributed by atoms with van der Waals surface area (Å²) < 4.78 is 0. The van der Waals surface area contributed by atoms with E-state index >= 15 is 0 Å². The summed E-state index contributed by atoms with van der Waals surface area (Å²) in [6.45, 7) is 4.13. The second kappa shape index (κ2) is 8.98. The number of nitrogens with one attached hydrogen (secondary N) is 2. The number of rotatable bonds is 5. The van der Waals surface area contributed by atoms with Crippen LogP contribution in [0.25, 0.3) is 0 Å². The minimum atomic E-state index is -0.474. The number of hydrogen-bond donors (Lipinski definition) is 3. The molecule has 10 heteroatoms. The fraction of sp³-hybridized carbons (Fsp3) is 0.250. The molecular formula is C24H24N6O3S. The zero-order chi connectivity index (χ0) is 23.8. The molecule has 1 saturated heterocycles. The van der Waals surface area contributed by atoms with Crippen molar-refractivity contribution in [2.75, 3.05) is 0 Å². The van der Waals surface area contributed by atoms with E-state index in [0.717, 1.165) is 27.3 Å². The summed E-state index contributed by atoms with van der Waals surface area (Å²) in [4.78, 5) is 11.8. The Morgan fingerprint density at radius 2 is 1.91 bits per heavy atom. The van der Waals surface area contributed by atoms with Gasteiger partial charge >= 0.3 is 5.00 Å². The van der Waals surface area contributed by atoms with E-state index in [0.29, 0.717) is 17.8 Å². The van der Waals surface area contributed by atoms with Crippen molar-refractivity contribution in [3.8, 4) is 0 Å². The summed E-state index contributed by atoms with van der Waals surface area (Å²) in [6.07, 6.45) is 0.180. The van der Waals surface area contributed by atoms with Crippen LogP contribution >= 0.6 is 11.3 Å². The Morgan fingerprint density at radius 3 is 2.62 bits per heavy atom. The van der Waals surface area contributed by atoms with Crippen molar-refractivity contribution in [1.29, 1.82) is 0 Å². The van der Waals surface area contributed by atoms with Crippen LogP contribution in [0.2, 0.25) is 0 Å². The van der Waals surface area contributed by atoms with Crippen molar-refractivity contribution >= 4 is 22.0 Å². The standard InChI is InChI=1S/C24H24N6O3S/c1-14-8-9-17(15(2)12-14)19-13-18(20-10-11-21(34-20)30(32)33)25-23-22(24(31)28-29(19)23)27-26-16-6-4-3-5-7-16/h3-12,18-19,23,25,28,31H,13H2,1-2H3. The van der Waals surface area contributed by atoms with Crippen LogP contribution in [0.1, 0.15) is 40.1 Å². The van der Waals surface area contributed by atoms with Crippen molar-refractivity contribution in [1.82, 2.24) is 15.8 Å². The maximum atomic E-state index is 11.3. The van der Waals surface area contributed by atoms with Gasteiger partial charge in [0.2, 0.25) is 5.88 Å². The number of nitrogens with zero attached hydrogens (tertiary/aromatic N) is 4. The smallest absolute Gasteiger partial charge is 0.324 e. The number of nitro groups is 1. The lowest BCUT2D eigenvalue weighted by Crippen LogP contribution is -2.55. The molecule has 9 nitrogen and oxygen atoms in total. The SMILES string of the molecule is Cc1ccc(C2CC(c3ccc([N+](=O)[O-])s3)NC3C(N=Nc4ccccc4)=C(O)NN32)c(C)c1. The molecule has 5 rings (SSSR count). The number of hydrogen-bond acceptors (Lipinski definition) is 9. The third kappa shape index (κ3) is 4.18. The number of aliphatic hydroxyl groups is 1. The van der Waals surface area contributed by atoms with Gasteiger partial charge in [0.15, 0.2) is 5.70 Å². The first-order valence-electron chi connectivity index (χ1n) is 10.9. The molecule has 2 aliphatic rings. The van der Waals surface area contributed by atoms with Gasteiger partial charge in [0.1, 0.15) is 6.17 Å². The van der Waals surface area contributed by atoms with E-state index in [1.165, 1.54) is 11.6 Å². The molecule has 1 fully saturated rings. The van der Waals surface area contributed by atoms with E-state index in [2.05, 4.69) is 53.0 Å². The maximum Gasteiger partial charge on any atom is 0.324 e. The van der Waals surface area contributed by atoms with Gasteiger partial charge < -0.3 is 5.11 Å². The summed E-state index contributed by atoms with van der Waals surface area (Å²) in [5.41, 5.74) is 7.55. The average molecular weight is 477 g/mol. The number of fused-ring (bicyclic) bond motifs is 1. The van der Waals surface area contributed by atoms with Gasteiger partial charge in [-0.15, -0.1) is 5.11 Å². The van der Waals surface area contributed by atoms with E-state index in [9.17, 15) is 15.2 Å². The Balaban J connectivity index is 1.52. The lowest BCUT2D eigenvalue weighted by molar-refractivity contribution is -0.380. The van der Waals surface area contributed by atoms with Gasteiger partial charge in [-0.2, -0.15) is 10.1 Å². The molecule has 3 heterocycles. The molecule has 0 spiro atoms. The van der Waals surface area contributed by atoms with Gasteiger partial charge in [0, 0.05) is 17.0 Å². The van der Waals surface area contributed by atoms with Crippen LogP contribution in [0.4, 0.5) is 10.7 Å². The molecule has 3 unspecified atom stereocenters. The van der Waals surface area contributed by atoms with Gasteiger partial charge in [-0.05, 0) is 49.6 Å². The van der Waals surface area contributed by atoms with Crippen LogP contribution < -0.4 is 10.7 Å². The molecule has 3 N–H and O–H groups in total. The molecular weight excluding hydrogens is 452 g/mol. The number of thiophene rings is 1. The minimum absolute atomic E-state index is 0.0650. The fourth-order valence-corrected chi connectivity index (χ4v) is 5.42. The van der Waals surface area contributed by atoms with Crippen molar-refractivity contribution in [2.24, 2.45) is 10.2 Å². The molecule has 0 bridgehead atoms. The highest BCUT2D eigenvalue weighted by Gasteiger charge is 2.45.